The standard InChI is InChI=1S/C23H27N3O5/c1-15(2)26(17-9-7-6-8-10-17)20(27)14-25-21(28)23(3,24-22(25)29)16-11-12-18(30-4)19(13-16)31-5/h6-13,15H,14H2,1-5H3,(H,24,29)/t23-/m0/s1. The van der Waals surface area contributed by atoms with Crippen LogP contribution in [0.15, 0.2) is 48.5 Å². The molecule has 31 heavy (non-hydrogen) atoms. The Morgan fingerprint density at radius 2 is 1.71 bits per heavy atom. The van der Waals surface area contributed by atoms with E-state index in [1.54, 1.807) is 30.0 Å². The Morgan fingerprint density at radius 1 is 1.06 bits per heavy atom. The maximum Gasteiger partial charge on any atom is 0.325 e. The number of ether oxygens (including phenoxy) is 2. The zero-order valence-corrected chi connectivity index (χ0v) is 18.3. The number of nitrogens with zero attached hydrogens (tertiary/aromatic N) is 2. The summed E-state index contributed by atoms with van der Waals surface area (Å²) in [5, 5.41) is 2.72. The smallest absolute Gasteiger partial charge is 0.325 e. The number of carbonyl (C=O) groups excluding carboxylic acids is 3. The minimum Gasteiger partial charge on any atom is -0.493 e. The van der Waals surface area contributed by atoms with Crippen LogP contribution in [0.2, 0.25) is 0 Å². The molecule has 3 rings (SSSR count). The molecule has 164 valence electrons. The first-order valence-corrected chi connectivity index (χ1v) is 9.96. The molecule has 1 aliphatic heterocycles. The van der Waals surface area contributed by atoms with Crippen LogP contribution in [0.5, 0.6) is 11.5 Å². The molecule has 1 saturated heterocycles. The highest BCUT2D eigenvalue weighted by molar-refractivity contribution is 6.10. The van der Waals surface area contributed by atoms with Gasteiger partial charge in [-0.2, -0.15) is 0 Å². The molecule has 0 bridgehead atoms. The Bertz CT molecular complexity index is 992. The third-order valence-corrected chi connectivity index (χ3v) is 5.35. The minimum absolute atomic E-state index is 0.145. The van der Waals surface area contributed by atoms with E-state index in [9.17, 15) is 14.4 Å². The van der Waals surface area contributed by atoms with Crippen LogP contribution in [0, 0.1) is 0 Å². The van der Waals surface area contributed by atoms with E-state index in [1.165, 1.54) is 14.2 Å². The summed E-state index contributed by atoms with van der Waals surface area (Å²) in [5.74, 6) is 0.0954. The largest absolute Gasteiger partial charge is 0.493 e. The molecule has 8 nitrogen and oxygen atoms in total. The molecule has 2 aromatic rings. The third kappa shape index (κ3) is 4.05. The van der Waals surface area contributed by atoms with E-state index in [0.29, 0.717) is 22.7 Å². The van der Waals surface area contributed by atoms with Gasteiger partial charge in [0, 0.05) is 11.7 Å². The van der Waals surface area contributed by atoms with Gasteiger partial charge in [-0.3, -0.25) is 14.5 Å². The summed E-state index contributed by atoms with van der Waals surface area (Å²) in [6.07, 6.45) is 0. The number of benzene rings is 2. The highest BCUT2D eigenvalue weighted by atomic mass is 16.5. The highest BCUT2D eigenvalue weighted by Gasteiger charge is 2.50. The van der Waals surface area contributed by atoms with Gasteiger partial charge in [-0.25, -0.2) is 4.79 Å². The molecule has 0 radical (unpaired) electrons. The fraction of sp³-hybridized carbons (Fsp3) is 0.348. The lowest BCUT2D eigenvalue weighted by Crippen LogP contribution is -2.46. The van der Waals surface area contributed by atoms with Crippen LogP contribution < -0.4 is 19.7 Å². The maximum absolute atomic E-state index is 13.3. The second kappa shape index (κ2) is 8.67. The lowest BCUT2D eigenvalue weighted by molar-refractivity contribution is -0.134. The van der Waals surface area contributed by atoms with E-state index in [4.69, 9.17) is 9.47 Å². The van der Waals surface area contributed by atoms with Crippen molar-refractivity contribution in [1.82, 2.24) is 10.2 Å². The Balaban J connectivity index is 1.87. The molecule has 1 aliphatic rings. The molecule has 0 aliphatic carbocycles. The molecule has 4 amide bonds. The monoisotopic (exact) mass is 425 g/mol. The second-order valence-electron chi connectivity index (χ2n) is 7.71. The molecule has 0 spiro atoms. The van der Waals surface area contributed by atoms with Gasteiger partial charge in [-0.15, -0.1) is 0 Å². The second-order valence-corrected chi connectivity index (χ2v) is 7.71. The first-order valence-electron chi connectivity index (χ1n) is 9.96. The summed E-state index contributed by atoms with van der Waals surface area (Å²) in [7, 11) is 3.01. The average Bonchev–Trinajstić information content (AvgIpc) is 2.97. The number of imide groups is 1. The summed E-state index contributed by atoms with van der Waals surface area (Å²) in [5.41, 5.74) is -0.0915. The number of amides is 4. The van der Waals surface area contributed by atoms with Crippen molar-refractivity contribution in [1.29, 1.82) is 0 Å². The summed E-state index contributed by atoms with van der Waals surface area (Å²) in [6, 6.07) is 13.4. The Morgan fingerprint density at radius 3 is 2.29 bits per heavy atom. The van der Waals surface area contributed by atoms with Gasteiger partial charge < -0.3 is 19.7 Å². The van der Waals surface area contributed by atoms with Gasteiger partial charge in [0.1, 0.15) is 12.1 Å². The van der Waals surface area contributed by atoms with Gasteiger partial charge in [0.2, 0.25) is 5.91 Å². The fourth-order valence-electron chi connectivity index (χ4n) is 3.71. The quantitative estimate of drug-likeness (QED) is 0.689. The van der Waals surface area contributed by atoms with Crippen molar-refractivity contribution in [2.75, 3.05) is 25.7 Å². The zero-order valence-electron chi connectivity index (χ0n) is 18.3. The number of hydrogen-bond acceptors (Lipinski definition) is 5. The maximum atomic E-state index is 13.3. The first-order chi connectivity index (χ1) is 14.7. The van der Waals surface area contributed by atoms with Crippen molar-refractivity contribution in [3.63, 3.8) is 0 Å². The molecule has 1 heterocycles. The van der Waals surface area contributed by atoms with Crippen LogP contribution in [0.1, 0.15) is 26.3 Å². The summed E-state index contributed by atoms with van der Waals surface area (Å²) < 4.78 is 10.6. The van der Waals surface area contributed by atoms with Gasteiger partial charge >= 0.3 is 6.03 Å². The van der Waals surface area contributed by atoms with Crippen molar-refractivity contribution >= 4 is 23.5 Å². The molecule has 0 saturated carbocycles. The molecule has 1 fully saturated rings. The number of urea groups is 1. The molecular formula is C23H27N3O5. The van der Waals surface area contributed by atoms with Crippen LogP contribution in [-0.2, 0) is 15.1 Å². The number of rotatable bonds is 7. The number of nitrogens with one attached hydrogen (secondary N) is 1. The lowest BCUT2D eigenvalue weighted by Gasteiger charge is -2.28. The first kappa shape index (κ1) is 22.1. The van der Waals surface area contributed by atoms with Crippen molar-refractivity contribution < 1.29 is 23.9 Å². The number of hydrogen-bond donors (Lipinski definition) is 1. The van der Waals surface area contributed by atoms with Gasteiger partial charge in [0.25, 0.3) is 5.91 Å². The number of para-hydroxylation sites is 1. The number of methoxy groups -OCH3 is 2. The van der Waals surface area contributed by atoms with Crippen LogP contribution in [0.3, 0.4) is 0 Å². The molecule has 8 heteroatoms. The van der Waals surface area contributed by atoms with E-state index >= 15 is 0 Å². The number of carbonyl (C=O) groups is 3. The molecule has 1 atom stereocenters. The predicted molar refractivity (Wildman–Crippen MR) is 116 cm³/mol. The zero-order chi connectivity index (χ0) is 22.8. The van der Waals surface area contributed by atoms with Crippen molar-refractivity contribution in [2.24, 2.45) is 0 Å². The van der Waals surface area contributed by atoms with Crippen LogP contribution in [-0.4, -0.2) is 49.6 Å². The van der Waals surface area contributed by atoms with Gasteiger partial charge in [0.15, 0.2) is 11.5 Å². The Kier molecular flexibility index (Phi) is 6.19. The van der Waals surface area contributed by atoms with E-state index in [0.717, 1.165) is 4.90 Å². The molecule has 0 unspecified atom stereocenters. The van der Waals surface area contributed by atoms with Crippen LogP contribution >= 0.6 is 0 Å². The van der Waals surface area contributed by atoms with Crippen LogP contribution in [0.25, 0.3) is 0 Å². The molecule has 1 N–H and O–H groups in total. The fourth-order valence-corrected chi connectivity index (χ4v) is 3.71. The summed E-state index contributed by atoms with van der Waals surface area (Å²) >= 11 is 0. The van der Waals surface area contributed by atoms with Crippen molar-refractivity contribution in [2.45, 2.75) is 32.4 Å². The van der Waals surface area contributed by atoms with Crippen molar-refractivity contribution in [3.05, 3.63) is 54.1 Å². The van der Waals surface area contributed by atoms with E-state index < -0.39 is 17.5 Å². The summed E-state index contributed by atoms with van der Waals surface area (Å²) in [6.45, 7) is 5.01. The molecular weight excluding hydrogens is 398 g/mol. The number of anilines is 1. The average molecular weight is 425 g/mol. The highest BCUT2D eigenvalue weighted by Crippen LogP contribution is 2.35. The SMILES string of the molecule is COc1ccc([C@]2(C)NC(=O)N(CC(=O)N(c3ccccc3)C(C)C)C2=O)cc1OC. The van der Waals surface area contributed by atoms with Crippen LogP contribution in [0.4, 0.5) is 10.5 Å². The lowest BCUT2D eigenvalue weighted by atomic mass is 9.91. The van der Waals surface area contributed by atoms with Gasteiger partial charge in [0.05, 0.1) is 14.2 Å². The topological polar surface area (TPSA) is 88.2 Å². The van der Waals surface area contributed by atoms with E-state index in [1.807, 2.05) is 44.2 Å². The normalized spacial score (nSPS) is 18.2. The Labute approximate surface area is 181 Å². The van der Waals surface area contributed by atoms with E-state index in [-0.39, 0.29) is 18.5 Å². The summed E-state index contributed by atoms with van der Waals surface area (Å²) in [4.78, 5) is 41.6. The minimum atomic E-state index is -1.33. The van der Waals surface area contributed by atoms with Crippen molar-refractivity contribution in [3.8, 4) is 11.5 Å². The molecule has 2 aromatic carbocycles. The van der Waals surface area contributed by atoms with Gasteiger partial charge in [-0.05, 0) is 50.6 Å². The predicted octanol–water partition coefficient (Wildman–Crippen LogP) is 2.91. The molecule has 0 aromatic heterocycles. The van der Waals surface area contributed by atoms with Gasteiger partial charge in [-0.1, -0.05) is 24.3 Å². The Hall–Kier alpha value is -3.55. The van der Waals surface area contributed by atoms with E-state index in [2.05, 4.69) is 5.32 Å². The third-order valence-electron chi connectivity index (χ3n) is 5.35.